The maximum Gasteiger partial charge on any atom is 0.255 e. The average molecular weight is 291 g/mol. The molecule has 0 atom stereocenters. The number of methoxy groups -OCH3 is 1. The number of nitrogen functional groups attached to an aromatic ring is 1. The zero-order chi connectivity index (χ0) is 15.2. The zero-order valence-electron chi connectivity index (χ0n) is 12.2. The summed E-state index contributed by atoms with van der Waals surface area (Å²) in [5.74, 6) is 0.0301. The van der Waals surface area contributed by atoms with Gasteiger partial charge in [0, 0.05) is 18.8 Å². The lowest BCUT2D eigenvalue weighted by Gasteiger charge is -2.26. The van der Waals surface area contributed by atoms with E-state index in [4.69, 9.17) is 10.5 Å². The van der Waals surface area contributed by atoms with E-state index in [2.05, 4.69) is 5.32 Å². The van der Waals surface area contributed by atoms with E-state index in [0.717, 1.165) is 32.4 Å². The minimum Gasteiger partial charge on any atom is -0.496 e. The second kappa shape index (κ2) is 6.97. The van der Waals surface area contributed by atoms with Crippen molar-refractivity contribution < 1.29 is 14.3 Å². The molecule has 0 unspecified atom stereocenters. The molecule has 3 N–H and O–H groups in total. The Bertz CT molecular complexity index is 525. The Labute approximate surface area is 124 Å². The summed E-state index contributed by atoms with van der Waals surface area (Å²) < 4.78 is 5.13. The molecule has 2 rings (SSSR count). The van der Waals surface area contributed by atoms with Crippen LogP contribution in [-0.4, -0.2) is 43.5 Å². The summed E-state index contributed by atoms with van der Waals surface area (Å²) >= 11 is 0. The van der Waals surface area contributed by atoms with Crippen LogP contribution in [0.2, 0.25) is 0 Å². The molecule has 1 heterocycles. The van der Waals surface area contributed by atoms with Crippen LogP contribution in [0.15, 0.2) is 18.2 Å². The van der Waals surface area contributed by atoms with Crippen molar-refractivity contribution in [3.8, 4) is 5.75 Å². The van der Waals surface area contributed by atoms with Gasteiger partial charge in [0.25, 0.3) is 5.91 Å². The molecule has 21 heavy (non-hydrogen) atoms. The van der Waals surface area contributed by atoms with Gasteiger partial charge in [0.1, 0.15) is 5.75 Å². The predicted octanol–water partition coefficient (Wildman–Crippen LogP) is 1.02. The van der Waals surface area contributed by atoms with Gasteiger partial charge in [-0.05, 0) is 37.5 Å². The number of rotatable bonds is 4. The number of nitrogens with two attached hydrogens (primary N) is 1. The molecular weight excluding hydrogens is 270 g/mol. The SMILES string of the molecule is COc1ccc(N)cc1C(=O)NCC(=O)N1CCCCC1. The number of nitrogens with one attached hydrogen (secondary N) is 1. The van der Waals surface area contributed by atoms with Crippen LogP contribution in [0.1, 0.15) is 29.6 Å². The predicted molar refractivity (Wildman–Crippen MR) is 80.2 cm³/mol. The van der Waals surface area contributed by atoms with Gasteiger partial charge >= 0.3 is 0 Å². The molecule has 1 aliphatic heterocycles. The molecule has 114 valence electrons. The number of benzene rings is 1. The van der Waals surface area contributed by atoms with E-state index in [1.165, 1.54) is 7.11 Å². The molecule has 0 radical (unpaired) electrons. The molecule has 0 saturated carbocycles. The lowest BCUT2D eigenvalue weighted by molar-refractivity contribution is -0.130. The third kappa shape index (κ3) is 3.87. The fourth-order valence-corrected chi connectivity index (χ4v) is 2.41. The fraction of sp³-hybridized carbons (Fsp3) is 0.467. The summed E-state index contributed by atoms with van der Waals surface area (Å²) in [5, 5.41) is 2.63. The third-order valence-electron chi connectivity index (χ3n) is 3.58. The van der Waals surface area contributed by atoms with Crippen molar-refractivity contribution in [1.82, 2.24) is 10.2 Å². The van der Waals surface area contributed by atoms with E-state index >= 15 is 0 Å². The minimum absolute atomic E-state index is 0.00319. The first-order chi connectivity index (χ1) is 10.1. The summed E-state index contributed by atoms with van der Waals surface area (Å²) in [7, 11) is 1.49. The molecular formula is C15H21N3O3. The molecule has 0 aliphatic carbocycles. The van der Waals surface area contributed by atoms with Crippen molar-refractivity contribution in [1.29, 1.82) is 0 Å². The molecule has 1 aromatic rings. The maximum atomic E-state index is 12.1. The quantitative estimate of drug-likeness (QED) is 0.811. The number of hydrogen-bond acceptors (Lipinski definition) is 4. The highest BCUT2D eigenvalue weighted by molar-refractivity contribution is 5.99. The van der Waals surface area contributed by atoms with Crippen molar-refractivity contribution >= 4 is 17.5 Å². The number of piperidine rings is 1. The van der Waals surface area contributed by atoms with Gasteiger partial charge in [0.2, 0.25) is 5.91 Å². The Morgan fingerprint density at radius 2 is 2.00 bits per heavy atom. The van der Waals surface area contributed by atoms with Gasteiger partial charge in [-0.3, -0.25) is 9.59 Å². The average Bonchev–Trinajstić information content (AvgIpc) is 2.53. The lowest BCUT2D eigenvalue weighted by atomic mass is 10.1. The van der Waals surface area contributed by atoms with E-state index < -0.39 is 0 Å². The Balaban J connectivity index is 1.95. The van der Waals surface area contributed by atoms with Crippen LogP contribution in [0.5, 0.6) is 5.75 Å². The summed E-state index contributed by atoms with van der Waals surface area (Å²) in [6.45, 7) is 1.55. The Kier molecular flexibility index (Phi) is 5.03. The van der Waals surface area contributed by atoms with Crippen LogP contribution in [0.25, 0.3) is 0 Å². The zero-order valence-corrected chi connectivity index (χ0v) is 12.2. The number of likely N-dealkylation sites (tertiary alicyclic amines) is 1. The first-order valence-corrected chi connectivity index (χ1v) is 7.11. The largest absolute Gasteiger partial charge is 0.496 e. The minimum atomic E-state index is -0.357. The van der Waals surface area contributed by atoms with E-state index in [0.29, 0.717) is 17.0 Å². The van der Waals surface area contributed by atoms with E-state index in [1.54, 1.807) is 23.1 Å². The first kappa shape index (κ1) is 15.2. The molecule has 1 saturated heterocycles. The molecule has 0 spiro atoms. The lowest BCUT2D eigenvalue weighted by Crippen LogP contribution is -2.42. The van der Waals surface area contributed by atoms with Gasteiger partial charge in [-0.25, -0.2) is 0 Å². The summed E-state index contributed by atoms with van der Waals surface area (Å²) in [6, 6.07) is 4.84. The van der Waals surface area contributed by atoms with Crippen molar-refractivity contribution in [3.63, 3.8) is 0 Å². The van der Waals surface area contributed by atoms with Gasteiger partial charge < -0.3 is 20.7 Å². The van der Waals surface area contributed by atoms with Crippen molar-refractivity contribution in [2.75, 3.05) is 32.5 Å². The number of hydrogen-bond donors (Lipinski definition) is 2. The van der Waals surface area contributed by atoms with Gasteiger partial charge in [-0.2, -0.15) is 0 Å². The Morgan fingerprint density at radius 3 is 2.67 bits per heavy atom. The molecule has 6 heteroatoms. The van der Waals surface area contributed by atoms with E-state index in [-0.39, 0.29) is 18.4 Å². The standard InChI is InChI=1S/C15H21N3O3/c1-21-13-6-5-11(16)9-12(13)15(20)17-10-14(19)18-7-3-2-4-8-18/h5-6,9H,2-4,7-8,10,16H2,1H3,(H,17,20). The molecule has 0 aromatic heterocycles. The van der Waals surface area contributed by atoms with Crippen LogP contribution < -0.4 is 15.8 Å². The molecule has 1 aromatic carbocycles. The third-order valence-corrected chi connectivity index (χ3v) is 3.58. The molecule has 0 bridgehead atoms. The number of carbonyl (C=O) groups is 2. The topological polar surface area (TPSA) is 84.7 Å². The van der Waals surface area contributed by atoms with Crippen molar-refractivity contribution in [2.45, 2.75) is 19.3 Å². The molecule has 1 fully saturated rings. The van der Waals surface area contributed by atoms with Gasteiger partial charge in [0.15, 0.2) is 0 Å². The highest BCUT2D eigenvalue weighted by Gasteiger charge is 2.18. The highest BCUT2D eigenvalue weighted by Crippen LogP contribution is 2.20. The smallest absolute Gasteiger partial charge is 0.255 e. The summed E-state index contributed by atoms with van der Waals surface area (Å²) in [6.07, 6.45) is 3.22. The number of amides is 2. The normalized spacial score (nSPS) is 14.6. The fourth-order valence-electron chi connectivity index (χ4n) is 2.41. The number of anilines is 1. The van der Waals surface area contributed by atoms with Crippen LogP contribution >= 0.6 is 0 Å². The summed E-state index contributed by atoms with van der Waals surface area (Å²) in [4.78, 5) is 25.9. The molecule has 6 nitrogen and oxygen atoms in total. The van der Waals surface area contributed by atoms with Gasteiger partial charge in [0.05, 0.1) is 19.2 Å². The second-order valence-electron chi connectivity index (χ2n) is 5.08. The van der Waals surface area contributed by atoms with Crippen LogP contribution in [0.4, 0.5) is 5.69 Å². The first-order valence-electron chi connectivity index (χ1n) is 7.11. The number of carbonyl (C=O) groups excluding carboxylic acids is 2. The van der Waals surface area contributed by atoms with Crippen LogP contribution in [-0.2, 0) is 4.79 Å². The van der Waals surface area contributed by atoms with Gasteiger partial charge in [-0.15, -0.1) is 0 Å². The van der Waals surface area contributed by atoms with Gasteiger partial charge in [-0.1, -0.05) is 0 Å². The number of ether oxygens (including phenoxy) is 1. The Morgan fingerprint density at radius 1 is 1.29 bits per heavy atom. The molecule has 2 amide bonds. The number of nitrogens with zero attached hydrogens (tertiary/aromatic N) is 1. The van der Waals surface area contributed by atoms with Crippen molar-refractivity contribution in [2.24, 2.45) is 0 Å². The molecule has 1 aliphatic rings. The Hall–Kier alpha value is -2.24. The second-order valence-corrected chi connectivity index (χ2v) is 5.08. The van der Waals surface area contributed by atoms with E-state index in [1.807, 2.05) is 0 Å². The van der Waals surface area contributed by atoms with Crippen molar-refractivity contribution in [3.05, 3.63) is 23.8 Å². The van der Waals surface area contributed by atoms with Crippen LogP contribution in [0, 0.1) is 0 Å². The van der Waals surface area contributed by atoms with E-state index in [9.17, 15) is 9.59 Å². The highest BCUT2D eigenvalue weighted by atomic mass is 16.5. The summed E-state index contributed by atoms with van der Waals surface area (Å²) in [5.41, 5.74) is 6.49. The maximum absolute atomic E-state index is 12.1. The van der Waals surface area contributed by atoms with Crippen LogP contribution in [0.3, 0.4) is 0 Å². The monoisotopic (exact) mass is 291 g/mol.